The van der Waals surface area contributed by atoms with Crippen molar-refractivity contribution in [2.24, 2.45) is 0 Å². The number of hydrogen-bond acceptors (Lipinski definition) is 6. The minimum Gasteiger partial charge on any atom is -0.375 e. The average molecular weight is 380 g/mol. The van der Waals surface area contributed by atoms with E-state index in [0.717, 1.165) is 44.7 Å². The molecular formula is C18H29N5O2S. The van der Waals surface area contributed by atoms with Crippen LogP contribution in [0.3, 0.4) is 0 Å². The lowest BCUT2D eigenvalue weighted by atomic mass is 9.86. The molecule has 7 nitrogen and oxygen atoms in total. The van der Waals surface area contributed by atoms with Gasteiger partial charge in [-0.05, 0) is 33.2 Å². The van der Waals surface area contributed by atoms with E-state index in [-0.39, 0.29) is 17.4 Å². The van der Waals surface area contributed by atoms with Crippen molar-refractivity contribution in [2.45, 2.75) is 44.6 Å². The third-order valence-electron chi connectivity index (χ3n) is 5.90. The molecule has 0 saturated carbocycles. The zero-order chi connectivity index (χ0) is 18.7. The maximum absolute atomic E-state index is 12.8. The number of thiazole rings is 1. The van der Waals surface area contributed by atoms with E-state index in [1.54, 1.807) is 0 Å². The molecule has 2 amide bonds. The molecule has 0 unspecified atom stereocenters. The molecule has 1 aromatic heterocycles. The normalized spacial score (nSPS) is 24.9. The summed E-state index contributed by atoms with van der Waals surface area (Å²) in [7, 11) is 2.13. The molecule has 1 aromatic rings. The smallest absolute Gasteiger partial charge is 0.223 e. The molecule has 2 saturated heterocycles. The minimum absolute atomic E-state index is 0.0848. The van der Waals surface area contributed by atoms with Crippen LogP contribution in [0, 0.1) is 0 Å². The van der Waals surface area contributed by atoms with Gasteiger partial charge in [0.05, 0.1) is 5.69 Å². The molecule has 0 radical (unpaired) electrons. The van der Waals surface area contributed by atoms with Crippen LogP contribution in [-0.2, 0) is 16.0 Å². The van der Waals surface area contributed by atoms with Crippen molar-refractivity contribution in [2.75, 3.05) is 45.5 Å². The lowest BCUT2D eigenvalue weighted by Crippen LogP contribution is -2.62. The number of hydrogen-bond donors (Lipinski definition) is 1. The number of carbonyl (C=O) groups is 2. The topological polar surface area (TPSA) is 82.8 Å². The van der Waals surface area contributed by atoms with E-state index in [0.29, 0.717) is 30.9 Å². The van der Waals surface area contributed by atoms with Crippen LogP contribution in [0.2, 0.25) is 0 Å². The van der Waals surface area contributed by atoms with Crippen molar-refractivity contribution in [3.05, 3.63) is 11.1 Å². The first-order chi connectivity index (χ1) is 12.4. The fraction of sp³-hybridized carbons (Fsp3) is 0.722. The Labute approximate surface area is 159 Å². The SMILES string of the molecule is CCN1CC[C@@]2(CCC1=O)CN(C(=O)CCc1csc(N)n1)CCN2C. The second-order valence-corrected chi connectivity index (χ2v) is 8.25. The number of carbonyl (C=O) groups excluding carboxylic acids is 2. The standard InChI is InChI=1S/C18H29N5O2S/c1-3-22-9-8-18(7-6-16(22)25)13-23(11-10-21(18)2)15(24)5-4-14-12-26-17(19)20-14/h12H,3-11,13H2,1-2H3,(H2,19,20)/t18-/m0/s1. The van der Waals surface area contributed by atoms with Gasteiger partial charge >= 0.3 is 0 Å². The zero-order valence-corrected chi connectivity index (χ0v) is 16.6. The number of aromatic nitrogens is 1. The third-order valence-corrected chi connectivity index (χ3v) is 6.63. The molecule has 1 atom stereocenters. The van der Waals surface area contributed by atoms with Crippen LogP contribution in [0.5, 0.6) is 0 Å². The van der Waals surface area contributed by atoms with Gasteiger partial charge in [0.2, 0.25) is 11.8 Å². The number of piperazine rings is 1. The number of nitrogens with zero attached hydrogens (tertiary/aromatic N) is 4. The third kappa shape index (κ3) is 4.01. The number of rotatable bonds is 4. The summed E-state index contributed by atoms with van der Waals surface area (Å²) in [5, 5.41) is 2.47. The summed E-state index contributed by atoms with van der Waals surface area (Å²) in [5.74, 6) is 0.411. The summed E-state index contributed by atoms with van der Waals surface area (Å²) >= 11 is 1.41. The Balaban J connectivity index is 1.63. The number of likely N-dealkylation sites (tertiary alicyclic amines) is 1. The summed E-state index contributed by atoms with van der Waals surface area (Å²) in [4.78, 5) is 35.6. The van der Waals surface area contributed by atoms with Gasteiger partial charge in [-0.1, -0.05) is 0 Å². The van der Waals surface area contributed by atoms with E-state index in [4.69, 9.17) is 5.73 Å². The second kappa shape index (κ2) is 7.92. The van der Waals surface area contributed by atoms with Crippen LogP contribution >= 0.6 is 11.3 Å². The number of anilines is 1. The van der Waals surface area contributed by atoms with Gasteiger partial charge in [0.15, 0.2) is 5.13 Å². The molecule has 0 aromatic carbocycles. The van der Waals surface area contributed by atoms with Crippen molar-refractivity contribution in [3.8, 4) is 0 Å². The van der Waals surface area contributed by atoms with Crippen LogP contribution in [-0.4, -0.2) is 76.8 Å². The van der Waals surface area contributed by atoms with Crippen LogP contribution in [0.1, 0.15) is 38.3 Å². The molecule has 2 aliphatic rings. The van der Waals surface area contributed by atoms with Gasteiger partial charge in [-0.25, -0.2) is 4.98 Å². The summed E-state index contributed by atoms with van der Waals surface area (Å²) < 4.78 is 0. The second-order valence-electron chi connectivity index (χ2n) is 7.36. The van der Waals surface area contributed by atoms with Gasteiger partial charge in [0.1, 0.15) is 0 Å². The predicted molar refractivity (Wildman–Crippen MR) is 103 cm³/mol. The molecule has 26 heavy (non-hydrogen) atoms. The van der Waals surface area contributed by atoms with Crippen molar-refractivity contribution < 1.29 is 9.59 Å². The van der Waals surface area contributed by atoms with Gasteiger partial charge in [0, 0.05) is 56.5 Å². The Morgan fingerprint density at radius 1 is 1.35 bits per heavy atom. The van der Waals surface area contributed by atoms with Crippen molar-refractivity contribution >= 4 is 28.3 Å². The lowest BCUT2D eigenvalue weighted by molar-refractivity contribution is -0.136. The molecular weight excluding hydrogens is 350 g/mol. The number of nitrogen functional groups attached to an aromatic ring is 1. The Kier molecular flexibility index (Phi) is 5.82. The molecule has 2 N–H and O–H groups in total. The monoisotopic (exact) mass is 379 g/mol. The van der Waals surface area contributed by atoms with Gasteiger partial charge < -0.3 is 15.5 Å². The molecule has 3 heterocycles. The van der Waals surface area contributed by atoms with E-state index in [2.05, 4.69) is 16.9 Å². The average Bonchev–Trinajstić information content (AvgIpc) is 2.98. The molecule has 3 rings (SSSR count). The van der Waals surface area contributed by atoms with E-state index >= 15 is 0 Å². The van der Waals surface area contributed by atoms with Crippen molar-refractivity contribution in [1.29, 1.82) is 0 Å². The number of amides is 2. The van der Waals surface area contributed by atoms with Gasteiger partial charge in [0.25, 0.3) is 0 Å². The largest absolute Gasteiger partial charge is 0.375 e. The first-order valence-electron chi connectivity index (χ1n) is 9.40. The molecule has 8 heteroatoms. The molecule has 144 valence electrons. The molecule has 0 aliphatic carbocycles. The first-order valence-corrected chi connectivity index (χ1v) is 10.3. The summed E-state index contributed by atoms with van der Waals surface area (Å²) in [6, 6.07) is 0. The highest BCUT2D eigenvalue weighted by Gasteiger charge is 2.43. The van der Waals surface area contributed by atoms with Gasteiger partial charge in [-0.3, -0.25) is 14.5 Å². The molecule has 0 bridgehead atoms. The quantitative estimate of drug-likeness (QED) is 0.850. The predicted octanol–water partition coefficient (Wildman–Crippen LogP) is 1.20. The number of aryl methyl sites for hydroxylation is 1. The zero-order valence-electron chi connectivity index (χ0n) is 15.7. The fourth-order valence-electron chi connectivity index (χ4n) is 4.07. The maximum atomic E-state index is 12.8. The summed E-state index contributed by atoms with van der Waals surface area (Å²) in [5.41, 5.74) is 6.47. The summed E-state index contributed by atoms with van der Waals surface area (Å²) in [6.45, 7) is 5.89. The first kappa shape index (κ1) is 19.1. The molecule has 2 fully saturated rings. The van der Waals surface area contributed by atoms with Crippen LogP contribution in [0.15, 0.2) is 5.38 Å². The minimum atomic E-state index is -0.0848. The van der Waals surface area contributed by atoms with Crippen LogP contribution in [0.4, 0.5) is 5.13 Å². The lowest BCUT2D eigenvalue weighted by Gasteiger charge is -2.49. The highest BCUT2D eigenvalue weighted by molar-refractivity contribution is 7.13. The van der Waals surface area contributed by atoms with Gasteiger partial charge in [-0.15, -0.1) is 11.3 Å². The maximum Gasteiger partial charge on any atom is 0.223 e. The Hall–Kier alpha value is -1.67. The van der Waals surface area contributed by atoms with Crippen LogP contribution < -0.4 is 5.73 Å². The van der Waals surface area contributed by atoms with E-state index in [9.17, 15) is 9.59 Å². The van der Waals surface area contributed by atoms with Crippen LogP contribution in [0.25, 0.3) is 0 Å². The molecule has 2 aliphatic heterocycles. The van der Waals surface area contributed by atoms with Crippen molar-refractivity contribution in [1.82, 2.24) is 19.7 Å². The Bertz CT molecular complexity index is 664. The Morgan fingerprint density at radius 2 is 2.15 bits per heavy atom. The van der Waals surface area contributed by atoms with Gasteiger partial charge in [-0.2, -0.15) is 0 Å². The van der Waals surface area contributed by atoms with Crippen molar-refractivity contribution in [3.63, 3.8) is 0 Å². The number of nitrogens with two attached hydrogens (primary N) is 1. The number of likely N-dealkylation sites (N-methyl/N-ethyl adjacent to an activating group) is 1. The highest BCUT2D eigenvalue weighted by Crippen LogP contribution is 2.32. The Morgan fingerprint density at radius 3 is 2.85 bits per heavy atom. The molecule has 1 spiro atoms. The highest BCUT2D eigenvalue weighted by atomic mass is 32.1. The van der Waals surface area contributed by atoms with E-state index in [1.807, 2.05) is 22.1 Å². The summed E-state index contributed by atoms with van der Waals surface area (Å²) in [6.07, 6.45) is 3.41. The fourth-order valence-corrected chi connectivity index (χ4v) is 4.67. The van der Waals surface area contributed by atoms with E-state index in [1.165, 1.54) is 11.3 Å². The van der Waals surface area contributed by atoms with E-state index < -0.39 is 0 Å².